The second-order valence-electron chi connectivity index (χ2n) is 5.51. The smallest absolute Gasteiger partial charge is 0.247 e. The van der Waals surface area contributed by atoms with Crippen molar-refractivity contribution >= 4 is 11.8 Å². The van der Waals surface area contributed by atoms with Gasteiger partial charge in [0.1, 0.15) is 0 Å². The number of aromatic nitrogens is 4. The van der Waals surface area contributed by atoms with Gasteiger partial charge in [0.2, 0.25) is 5.95 Å². The quantitative estimate of drug-likeness (QED) is 0.722. The number of benzene rings is 1. The summed E-state index contributed by atoms with van der Waals surface area (Å²) >= 11 is 0. The number of anilines is 2. The average molecular weight is 320 g/mol. The molecule has 0 amide bonds. The summed E-state index contributed by atoms with van der Waals surface area (Å²) < 4.78 is 0. The van der Waals surface area contributed by atoms with Crippen molar-refractivity contribution in [2.45, 2.75) is 13.0 Å². The third-order valence-electron chi connectivity index (χ3n) is 3.69. The van der Waals surface area contributed by atoms with Crippen LogP contribution in [0.25, 0.3) is 0 Å². The van der Waals surface area contributed by atoms with Crippen LogP contribution in [0.5, 0.6) is 0 Å². The van der Waals surface area contributed by atoms with Crippen LogP contribution in [0.3, 0.4) is 0 Å². The van der Waals surface area contributed by atoms with Crippen molar-refractivity contribution < 1.29 is 0 Å². The van der Waals surface area contributed by atoms with Gasteiger partial charge in [0.05, 0.1) is 6.20 Å². The van der Waals surface area contributed by atoms with Gasteiger partial charge in [-0.1, -0.05) is 30.3 Å². The maximum Gasteiger partial charge on any atom is 0.247 e. The van der Waals surface area contributed by atoms with E-state index >= 15 is 0 Å². The van der Waals surface area contributed by atoms with Gasteiger partial charge in [-0.2, -0.15) is 10.1 Å². The van der Waals surface area contributed by atoms with Crippen LogP contribution in [-0.4, -0.2) is 33.8 Å². The molecule has 3 aromatic rings. The first kappa shape index (κ1) is 15.9. The van der Waals surface area contributed by atoms with E-state index in [1.165, 1.54) is 11.1 Å². The number of pyridine rings is 1. The lowest BCUT2D eigenvalue weighted by Crippen LogP contribution is -2.23. The summed E-state index contributed by atoms with van der Waals surface area (Å²) in [5.74, 6) is 1.33. The lowest BCUT2D eigenvalue weighted by molar-refractivity contribution is 0.810. The maximum atomic E-state index is 4.53. The zero-order chi connectivity index (χ0) is 16.6. The van der Waals surface area contributed by atoms with Gasteiger partial charge >= 0.3 is 0 Å². The van der Waals surface area contributed by atoms with Crippen molar-refractivity contribution in [1.82, 2.24) is 20.2 Å². The predicted octanol–water partition coefficient (Wildman–Crippen LogP) is 2.56. The lowest BCUT2D eigenvalue weighted by Gasteiger charge is -2.17. The number of likely N-dealkylation sites (N-methyl/N-ethyl adjacent to an activating group) is 1. The number of hydrogen-bond acceptors (Lipinski definition) is 6. The summed E-state index contributed by atoms with van der Waals surface area (Å²) in [4.78, 5) is 10.6. The van der Waals surface area contributed by atoms with Crippen molar-refractivity contribution in [3.63, 3.8) is 0 Å². The second kappa shape index (κ2) is 8.01. The molecule has 0 spiro atoms. The topological polar surface area (TPSA) is 66.8 Å². The normalized spacial score (nSPS) is 10.4. The third-order valence-corrected chi connectivity index (χ3v) is 3.69. The molecule has 1 aromatic carbocycles. The number of rotatable bonds is 7. The minimum Gasteiger partial charge on any atom is -0.365 e. The Kier molecular flexibility index (Phi) is 5.29. The minimum absolute atomic E-state index is 0.613. The molecule has 0 bridgehead atoms. The highest BCUT2D eigenvalue weighted by atomic mass is 15.3. The highest BCUT2D eigenvalue weighted by molar-refractivity contribution is 5.39. The molecule has 0 unspecified atom stereocenters. The second-order valence-corrected chi connectivity index (χ2v) is 5.51. The zero-order valence-corrected chi connectivity index (χ0v) is 13.6. The van der Waals surface area contributed by atoms with Crippen molar-refractivity contribution in [3.05, 3.63) is 72.2 Å². The largest absolute Gasteiger partial charge is 0.365 e. The van der Waals surface area contributed by atoms with Crippen molar-refractivity contribution in [3.8, 4) is 0 Å². The fourth-order valence-electron chi connectivity index (χ4n) is 2.28. The van der Waals surface area contributed by atoms with Crippen LogP contribution in [0.1, 0.15) is 11.1 Å². The lowest BCUT2D eigenvalue weighted by atomic mass is 10.2. The zero-order valence-electron chi connectivity index (χ0n) is 13.6. The first-order valence-electron chi connectivity index (χ1n) is 7.89. The molecule has 24 heavy (non-hydrogen) atoms. The number of hydrogen-bond donors (Lipinski definition) is 1. The molecule has 0 saturated carbocycles. The van der Waals surface area contributed by atoms with Crippen LogP contribution in [0.15, 0.2) is 61.1 Å². The molecule has 0 atom stereocenters. The third kappa shape index (κ3) is 4.49. The highest BCUT2D eigenvalue weighted by Crippen LogP contribution is 2.10. The molecule has 1 N–H and O–H groups in total. The molecule has 2 aromatic heterocycles. The van der Waals surface area contributed by atoms with Gasteiger partial charge in [-0.05, 0) is 29.7 Å². The first-order valence-corrected chi connectivity index (χ1v) is 7.89. The van der Waals surface area contributed by atoms with Gasteiger partial charge < -0.3 is 10.2 Å². The summed E-state index contributed by atoms with van der Waals surface area (Å²) in [5.41, 5.74) is 2.44. The fraction of sp³-hybridized carbons (Fsp3) is 0.222. The Labute approximate surface area is 141 Å². The van der Waals surface area contributed by atoms with Crippen molar-refractivity contribution in [1.29, 1.82) is 0 Å². The Morgan fingerprint density at radius 3 is 2.58 bits per heavy atom. The Morgan fingerprint density at radius 2 is 1.79 bits per heavy atom. The van der Waals surface area contributed by atoms with Crippen LogP contribution < -0.4 is 10.2 Å². The Balaban J connectivity index is 1.57. The number of nitrogens with one attached hydrogen (secondary N) is 1. The molecular formula is C18H20N6. The van der Waals surface area contributed by atoms with Gasteiger partial charge in [-0.15, -0.1) is 5.10 Å². The first-order chi connectivity index (χ1) is 11.8. The summed E-state index contributed by atoms with van der Waals surface area (Å²) in [6.07, 6.45) is 6.16. The minimum atomic E-state index is 0.613. The molecule has 0 radical (unpaired) electrons. The van der Waals surface area contributed by atoms with Crippen molar-refractivity contribution in [2.75, 3.05) is 23.8 Å². The van der Waals surface area contributed by atoms with Gasteiger partial charge in [-0.3, -0.25) is 4.98 Å². The molecule has 0 aliphatic rings. The van der Waals surface area contributed by atoms with Crippen LogP contribution in [0.4, 0.5) is 11.8 Å². The molecule has 0 aliphatic carbocycles. The highest BCUT2D eigenvalue weighted by Gasteiger charge is 2.07. The molecule has 2 heterocycles. The average Bonchev–Trinajstić information content (AvgIpc) is 2.66. The molecule has 6 heteroatoms. The molecule has 3 rings (SSSR count). The van der Waals surface area contributed by atoms with Crippen LogP contribution in [0.2, 0.25) is 0 Å². The molecule has 0 fully saturated rings. The standard InChI is InChI=1S/C18H20N6/c1-24(12-9-15-7-10-19-11-8-15)18-22-17(14-21-23-18)20-13-16-5-3-2-4-6-16/h2-8,10-11,14H,9,12-13H2,1H3,(H,20,22,23). The maximum absolute atomic E-state index is 4.53. The summed E-state index contributed by atoms with van der Waals surface area (Å²) in [5, 5.41) is 11.4. The van der Waals surface area contributed by atoms with E-state index in [0.29, 0.717) is 12.5 Å². The van der Waals surface area contributed by atoms with E-state index in [2.05, 4.69) is 37.6 Å². The van der Waals surface area contributed by atoms with Gasteiger partial charge in [0, 0.05) is 32.5 Å². The Bertz CT molecular complexity index is 748. The summed E-state index contributed by atoms with van der Waals surface area (Å²) in [7, 11) is 1.97. The molecule has 122 valence electrons. The fourth-order valence-corrected chi connectivity index (χ4v) is 2.28. The summed E-state index contributed by atoms with van der Waals surface area (Å²) in [6, 6.07) is 14.2. The number of nitrogens with zero attached hydrogens (tertiary/aromatic N) is 5. The molecule has 0 saturated heterocycles. The van der Waals surface area contributed by atoms with Crippen molar-refractivity contribution in [2.24, 2.45) is 0 Å². The van der Waals surface area contributed by atoms with E-state index in [-0.39, 0.29) is 0 Å². The van der Waals surface area contributed by atoms with E-state index in [9.17, 15) is 0 Å². The van der Waals surface area contributed by atoms with Gasteiger partial charge in [0.25, 0.3) is 0 Å². The van der Waals surface area contributed by atoms with E-state index in [1.807, 2.05) is 54.7 Å². The Morgan fingerprint density at radius 1 is 1.00 bits per heavy atom. The van der Waals surface area contributed by atoms with E-state index in [0.717, 1.165) is 18.8 Å². The van der Waals surface area contributed by atoms with Gasteiger partial charge in [-0.25, -0.2) is 0 Å². The SMILES string of the molecule is CN(CCc1ccncc1)c1nncc(NCc2ccccc2)n1. The summed E-state index contributed by atoms with van der Waals surface area (Å²) in [6.45, 7) is 1.52. The monoisotopic (exact) mass is 320 g/mol. The van der Waals surface area contributed by atoms with E-state index in [1.54, 1.807) is 6.20 Å². The molecule has 6 nitrogen and oxygen atoms in total. The predicted molar refractivity (Wildman–Crippen MR) is 94.8 cm³/mol. The van der Waals surface area contributed by atoms with Gasteiger partial charge in [0.15, 0.2) is 5.82 Å². The van der Waals surface area contributed by atoms with Crippen LogP contribution >= 0.6 is 0 Å². The van der Waals surface area contributed by atoms with E-state index < -0.39 is 0 Å². The molecular weight excluding hydrogens is 300 g/mol. The van der Waals surface area contributed by atoms with Crippen LogP contribution in [-0.2, 0) is 13.0 Å². The Hall–Kier alpha value is -3.02. The van der Waals surface area contributed by atoms with E-state index in [4.69, 9.17) is 0 Å². The molecule has 0 aliphatic heterocycles. The van der Waals surface area contributed by atoms with Crippen LogP contribution in [0, 0.1) is 0 Å².